The molecule has 1 aliphatic heterocycles. The molecule has 40 heavy (non-hydrogen) atoms. The predicted octanol–water partition coefficient (Wildman–Crippen LogP) is 6.35. The van der Waals surface area contributed by atoms with Crippen molar-refractivity contribution in [1.29, 1.82) is 0 Å². The molecule has 0 spiro atoms. The number of halogens is 3. The second-order valence-corrected chi connectivity index (χ2v) is 14.1. The van der Waals surface area contributed by atoms with Crippen LogP contribution in [0.3, 0.4) is 0 Å². The Hall–Kier alpha value is -1.91. The average molecular weight is 616 g/mol. The van der Waals surface area contributed by atoms with Crippen LogP contribution in [0.2, 0.25) is 10.0 Å². The van der Waals surface area contributed by atoms with Crippen LogP contribution in [-0.2, 0) is 14.8 Å². The number of amides is 1. The van der Waals surface area contributed by atoms with E-state index in [0.717, 1.165) is 49.9 Å². The summed E-state index contributed by atoms with van der Waals surface area (Å²) in [6.07, 6.45) is 3.58. The van der Waals surface area contributed by atoms with E-state index in [2.05, 4.69) is 18.7 Å². The molecule has 2 aromatic carbocycles. The molecule has 1 unspecified atom stereocenters. The van der Waals surface area contributed by atoms with E-state index in [-0.39, 0.29) is 29.2 Å². The Morgan fingerprint density at radius 2 is 1.73 bits per heavy atom. The molecule has 1 saturated heterocycles. The normalized spacial score (nSPS) is 18.0. The second kappa shape index (κ2) is 12.5. The Morgan fingerprint density at radius 3 is 2.27 bits per heavy atom. The fourth-order valence-corrected chi connectivity index (χ4v) is 6.41. The number of likely N-dealkylation sites (tertiary alicyclic amines) is 1. The lowest BCUT2D eigenvalue weighted by Gasteiger charge is -2.44. The molecule has 1 amide bonds. The van der Waals surface area contributed by atoms with E-state index in [4.69, 9.17) is 32.7 Å². The number of nitrogens with zero attached hydrogens (tertiary/aromatic N) is 1. The molecule has 1 atom stereocenters. The van der Waals surface area contributed by atoms with E-state index < -0.39 is 27.3 Å². The number of sulfonamides is 1. The van der Waals surface area contributed by atoms with Gasteiger partial charge in [0.2, 0.25) is 10.0 Å². The molecule has 1 saturated carbocycles. The van der Waals surface area contributed by atoms with Crippen molar-refractivity contribution in [2.24, 2.45) is 5.92 Å². The minimum atomic E-state index is -3.80. The summed E-state index contributed by atoms with van der Waals surface area (Å²) in [4.78, 5) is 14.9. The van der Waals surface area contributed by atoms with Crippen LogP contribution in [0.5, 0.6) is 5.75 Å². The Balaban J connectivity index is 1.44. The van der Waals surface area contributed by atoms with Gasteiger partial charge >= 0.3 is 0 Å². The number of benzene rings is 2. The molecule has 0 aromatic heterocycles. The largest absolute Gasteiger partial charge is 0.493 e. The highest BCUT2D eigenvalue weighted by Crippen LogP contribution is 2.45. The Bertz CT molecular complexity index is 1320. The first-order valence-electron chi connectivity index (χ1n) is 13.6. The molecular formula is C29H37Cl2FN2O5S. The van der Waals surface area contributed by atoms with Crippen molar-refractivity contribution in [1.82, 2.24) is 9.62 Å². The van der Waals surface area contributed by atoms with Crippen molar-refractivity contribution in [3.05, 3.63) is 62.9 Å². The van der Waals surface area contributed by atoms with Crippen LogP contribution in [-0.4, -0.2) is 57.4 Å². The molecule has 2 fully saturated rings. The summed E-state index contributed by atoms with van der Waals surface area (Å²) in [5.41, 5.74) is 0.975. The van der Waals surface area contributed by atoms with Gasteiger partial charge in [0, 0.05) is 23.2 Å². The average Bonchev–Trinajstić information content (AvgIpc) is 3.73. The lowest BCUT2D eigenvalue weighted by Crippen LogP contribution is -2.47. The molecule has 0 radical (unpaired) electrons. The number of carbonyl (C=O) groups excluding carboxylic acids is 1. The summed E-state index contributed by atoms with van der Waals surface area (Å²) in [5.74, 6) is -1.18. The van der Waals surface area contributed by atoms with Crippen LogP contribution in [0.4, 0.5) is 4.39 Å². The molecule has 4 rings (SSSR count). The van der Waals surface area contributed by atoms with Gasteiger partial charge in [0.25, 0.3) is 5.91 Å². The van der Waals surface area contributed by atoms with Crippen LogP contribution in [0.25, 0.3) is 0 Å². The maximum atomic E-state index is 14.9. The van der Waals surface area contributed by atoms with Crippen LogP contribution in [0, 0.1) is 11.7 Å². The summed E-state index contributed by atoms with van der Waals surface area (Å²) in [5, 5.41) is 1.16. The molecule has 1 aliphatic carbocycles. The van der Waals surface area contributed by atoms with E-state index in [1.54, 1.807) is 13.2 Å². The van der Waals surface area contributed by atoms with Gasteiger partial charge in [-0.1, -0.05) is 23.2 Å². The van der Waals surface area contributed by atoms with Crippen LogP contribution < -0.4 is 9.46 Å². The number of carbonyl (C=O) groups is 1. The number of nitrogens with one attached hydrogen (secondary N) is 1. The molecule has 220 valence electrons. The highest BCUT2D eigenvalue weighted by Gasteiger charge is 2.38. The first-order chi connectivity index (χ1) is 18.8. The van der Waals surface area contributed by atoms with Crippen molar-refractivity contribution in [2.45, 2.75) is 64.0 Å². The Morgan fingerprint density at radius 1 is 1.10 bits per heavy atom. The molecule has 11 heteroatoms. The van der Waals surface area contributed by atoms with Crippen molar-refractivity contribution >= 4 is 39.1 Å². The zero-order valence-corrected chi connectivity index (χ0v) is 25.6. The van der Waals surface area contributed by atoms with Gasteiger partial charge < -0.3 is 9.47 Å². The van der Waals surface area contributed by atoms with Crippen molar-refractivity contribution in [2.75, 3.05) is 32.6 Å². The number of ether oxygens (including phenoxy) is 2. The second-order valence-electron chi connectivity index (χ2n) is 11.2. The first kappa shape index (κ1) is 31.0. The van der Waals surface area contributed by atoms with E-state index in [0.29, 0.717) is 22.4 Å². The number of hydrogen-bond donors (Lipinski definition) is 1. The third kappa shape index (κ3) is 7.48. The van der Waals surface area contributed by atoms with Crippen LogP contribution in [0.15, 0.2) is 30.3 Å². The maximum Gasteiger partial charge on any atom is 0.267 e. The standard InChI is InChI=1S/C29H37Cl2FN2O5S/c1-5-40(36,37)33-28(35)24-15-23(19-6-7-19)26(16-25(24)32)39-17-18-8-10-34(11-9-18)27(29(2,3)38-4)20-12-21(30)14-22(31)13-20/h12-16,18-19,27H,5-11,17H2,1-4H3,(H,33,35). The summed E-state index contributed by atoms with van der Waals surface area (Å²) in [6, 6.07) is 8.20. The van der Waals surface area contributed by atoms with Gasteiger partial charge in [0.15, 0.2) is 0 Å². The van der Waals surface area contributed by atoms with E-state index in [1.807, 2.05) is 16.9 Å². The van der Waals surface area contributed by atoms with Gasteiger partial charge in [-0.3, -0.25) is 9.69 Å². The zero-order valence-electron chi connectivity index (χ0n) is 23.3. The van der Waals surface area contributed by atoms with Gasteiger partial charge in [0.1, 0.15) is 11.6 Å². The Kier molecular flexibility index (Phi) is 9.72. The summed E-state index contributed by atoms with van der Waals surface area (Å²) in [7, 11) is -2.10. The lowest BCUT2D eigenvalue weighted by atomic mass is 9.87. The third-order valence-corrected chi connectivity index (χ3v) is 9.56. The first-order valence-corrected chi connectivity index (χ1v) is 16.0. The third-order valence-electron chi connectivity index (χ3n) is 7.86. The van der Waals surface area contributed by atoms with Gasteiger partial charge in [-0.25, -0.2) is 17.5 Å². The number of methoxy groups -OCH3 is 1. The lowest BCUT2D eigenvalue weighted by molar-refractivity contribution is -0.0644. The van der Waals surface area contributed by atoms with Crippen molar-refractivity contribution in [3.8, 4) is 5.75 Å². The smallest absolute Gasteiger partial charge is 0.267 e. The summed E-state index contributed by atoms with van der Waals surface area (Å²) < 4.78 is 52.5. The van der Waals surface area contributed by atoms with E-state index >= 15 is 0 Å². The van der Waals surface area contributed by atoms with E-state index in [1.165, 1.54) is 19.1 Å². The molecule has 1 heterocycles. The fourth-order valence-electron chi connectivity index (χ4n) is 5.33. The molecule has 1 N–H and O–H groups in total. The summed E-state index contributed by atoms with van der Waals surface area (Å²) >= 11 is 12.7. The monoisotopic (exact) mass is 614 g/mol. The number of hydrogen-bond acceptors (Lipinski definition) is 6. The number of rotatable bonds is 11. The minimum absolute atomic E-state index is 0.0543. The molecular weight excluding hydrogens is 578 g/mol. The molecule has 0 bridgehead atoms. The topological polar surface area (TPSA) is 84.9 Å². The molecule has 2 aromatic rings. The van der Waals surface area contributed by atoms with Gasteiger partial charge in [-0.05, 0) is 107 Å². The quantitative estimate of drug-likeness (QED) is 0.317. The minimum Gasteiger partial charge on any atom is -0.493 e. The van der Waals surface area contributed by atoms with Crippen molar-refractivity contribution in [3.63, 3.8) is 0 Å². The Labute approximate surface area is 246 Å². The van der Waals surface area contributed by atoms with Crippen LogP contribution >= 0.6 is 23.2 Å². The number of piperidine rings is 1. The van der Waals surface area contributed by atoms with E-state index in [9.17, 15) is 17.6 Å². The van der Waals surface area contributed by atoms with Gasteiger partial charge in [0.05, 0.1) is 29.6 Å². The maximum absolute atomic E-state index is 14.9. The van der Waals surface area contributed by atoms with Crippen LogP contribution in [0.1, 0.15) is 79.9 Å². The highest BCUT2D eigenvalue weighted by molar-refractivity contribution is 7.90. The SMILES string of the molecule is CCS(=O)(=O)NC(=O)c1cc(C2CC2)c(OCC2CCN(C(c3cc(Cl)cc(Cl)c3)C(C)(C)OC)CC2)cc1F. The predicted molar refractivity (Wildman–Crippen MR) is 155 cm³/mol. The van der Waals surface area contributed by atoms with Gasteiger partial charge in [-0.15, -0.1) is 0 Å². The molecule has 7 nitrogen and oxygen atoms in total. The van der Waals surface area contributed by atoms with Crippen molar-refractivity contribution < 1.29 is 27.1 Å². The zero-order chi connectivity index (χ0) is 29.2. The molecule has 2 aliphatic rings. The fraction of sp³-hybridized carbons (Fsp3) is 0.552. The van der Waals surface area contributed by atoms with Gasteiger partial charge in [-0.2, -0.15) is 0 Å². The highest BCUT2D eigenvalue weighted by atomic mass is 35.5. The summed E-state index contributed by atoms with van der Waals surface area (Å²) in [6.45, 7) is 7.56.